The van der Waals surface area contributed by atoms with Crippen molar-refractivity contribution >= 4 is 0 Å². The van der Waals surface area contributed by atoms with Crippen molar-refractivity contribution in [3.63, 3.8) is 0 Å². The van der Waals surface area contributed by atoms with Crippen LogP contribution in [-0.4, -0.2) is 9.78 Å². The summed E-state index contributed by atoms with van der Waals surface area (Å²) < 4.78 is 80.8. The van der Waals surface area contributed by atoms with Gasteiger partial charge >= 0.3 is 12.4 Å². The SMILES string of the molecule is Cn1nc(C(F)(F)F)cc1Oc1cccc(C(F)(F)F)c1. The predicted molar refractivity (Wildman–Crippen MR) is 59.7 cm³/mol. The molecule has 3 nitrogen and oxygen atoms in total. The van der Waals surface area contributed by atoms with Crippen molar-refractivity contribution in [3.8, 4) is 11.6 Å². The van der Waals surface area contributed by atoms with E-state index in [0.717, 1.165) is 16.8 Å². The van der Waals surface area contributed by atoms with Gasteiger partial charge in [-0.1, -0.05) is 6.07 Å². The van der Waals surface area contributed by atoms with Crippen molar-refractivity contribution in [2.45, 2.75) is 12.4 Å². The van der Waals surface area contributed by atoms with Crippen molar-refractivity contribution in [3.05, 3.63) is 41.6 Å². The van der Waals surface area contributed by atoms with Crippen LogP contribution in [0.3, 0.4) is 0 Å². The van der Waals surface area contributed by atoms with Crippen LogP contribution in [0.15, 0.2) is 30.3 Å². The van der Waals surface area contributed by atoms with Crippen LogP contribution < -0.4 is 4.74 Å². The van der Waals surface area contributed by atoms with E-state index in [-0.39, 0.29) is 11.6 Å². The van der Waals surface area contributed by atoms with Crippen molar-refractivity contribution in [2.24, 2.45) is 7.05 Å². The van der Waals surface area contributed by atoms with Crippen LogP contribution in [0.2, 0.25) is 0 Å². The van der Waals surface area contributed by atoms with Crippen LogP contribution in [0, 0.1) is 0 Å². The number of ether oxygens (including phenoxy) is 1. The third kappa shape index (κ3) is 3.47. The lowest BCUT2D eigenvalue weighted by atomic mass is 10.2. The fourth-order valence-electron chi connectivity index (χ4n) is 1.54. The van der Waals surface area contributed by atoms with Gasteiger partial charge in [0.25, 0.3) is 0 Å². The number of hydrogen-bond donors (Lipinski definition) is 0. The molecule has 9 heteroatoms. The standard InChI is InChI=1S/C12H8F6N2O/c1-20-10(6-9(19-20)12(16,17)18)21-8-4-2-3-7(5-8)11(13,14)15/h2-6H,1H3. The molecule has 0 saturated carbocycles. The largest absolute Gasteiger partial charge is 0.439 e. The zero-order valence-corrected chi connectivity index (χ0v) is 10.5. The zero-order valence-electron chi connectivity index (χ0n) is 10.5. The number of alkyl halides is 6. The first-order valence-electron chi connectivity index (χ1n) is 5.54. The van der Waals surface area contributed by atoms with Gasteiger partial charge in [-0.05, 0) is 18.2 Å². The Morgan fingerprint density at radius 1 is 1.00 bits per heavy atom. The Balaban J connectivity index is 2.29. The summed E-state index contributed by atoms with van der Waals surface area (Å²) in [5, 5.41) is 3.19. The minimum Gasteiger partial charge on any atom is -0.439 e. The highest BCUT2D eigenvalue weighted by atomic mass is 19.4. The highest BCUT2D eigenvalue weighted by Gasteiger charge is 2.35. The third-order valence-electron chi connectivity index (χ3n) is 2.51. The van der Waals surface area contributed by atoms with Crippen LogP contribution in [0.4, 0.5) is 26.3 Å². The fraction of sp³-hybridized carbons (Fsp3) is 0.250. The molecule has 2 rings (SSSR count). The van der Waals surface area contributed by atoms with E-state index in [0.29, 0.717) is 12.1 Å². The second kappa shape index (κ2) is 4.97. The van der Waals surface area contributed by atoms with Gasteiger partial charge in [0, 0.05) is 13.1 Å². The van der Waals surface area contributed by atoms with Gasteiger partial charge in [-0.2, -0.15) is 31.4 Å². The monoisotopic (exact) mass is 310 g/mol. The van der Waals surface area contributed by atoms with E-state index >= 15 is 0 Å². The predicted octanol–water partition coefficient (Wildman–Crippen LogP) is 4.25. The molecular weight excluding hydrogens is 302 g/mol. The average Bonchev–Trinajstić information content (AvgIpc) is 2.70. The molecule has 0 aliphatic rings. The van der Waals surface area contributed by atoms with Crippen molar-refractivity contribution < 1.29 is 31.1 Å². The summed E-state index contributed by atoms with van der Waals surface area (Å²) in [6.07, 6.45) is -9.23. The van der Waals surface area contributed by atoms with E-state index in [2.05, 4.69) is 5.10 Å². The van der Waals surface area contributed by atoms with Gasteiger partial charge in [0.05, 0.1) is 5.56 Å². The van der Waals surface area contributed by atoms with Crippen LogP contribution in [0.5, 0.6) is 11.6 Å². The molecule has 0 N–H and O–H groups in total. The molecule has 0 spiro atoms. The molecule has 1 heterocycles. The molecule has 1 aromatic carbocycles. The van der Waals surface area contributed by atoms with Crippen molar-refractivity contribution in [1.82, 2.24) is 9.78 Å². The third-order valence-corrected chi connectivity index (χ3v) is 2.51. The van der Waals surface area contributed by atoms with Crippen LogP contribution in [-0.2, 0) is 19.4 Å². The Morgan fingerprint density at radius 3 is 2.19 bits per heavy atom. The van der Waals surface area contributed by atoms with Gasteiger partial charge in [-0.25, -0.2) is 4.68 Å². The maximum atomic E-state index is 12.5. The number of hydrogen-bond acceptors (Lipinski definition) is 2. The molecule has 2 aromatic rings. The summed E-state index contributed by atoms with van der Waals surface area (Å²) in [4.78, 5) is 0. The summed E-state index contributed by atoms with van der Waals surface area (Å²) in [6.45, 7) is 0. The number of rotatable bonds is 2. The summed E-state index contributed by atoms with van der Waals surface area (Å²) in [7, 11) is 1.19. The maximum Gasteiger partial charge on any atom is 0.435 e. The molecule has 0 radical (unpaired) electrons. The Labute approximate surface area is 114 Å². The van der Waals surface area contributed by atoms with Gasteiger partial charge in [0.15, 0.2) is 5.69 Å². The first-order valence-corrected chi connectivity index (χ1v) is 5.54. The fourth-order valence-corrected chi connectivity index (χ4v) is 1.54. The summed E-state index contributed by atoms with van der Waals surface area (Å²) in [5.74, 6) is -0.553. The molecule has 21 heavy (non-hydrogen) atoms. The molecule has 0 fully saturated rings. The molecule has 1 aromatic heterocycles. The Bertz CT molecular complexity index is 644. The normalized spacial score (nSPS) is 12.5. The van der Waals surface area contributed by atoms with Crippen LogP contribution >= 0.6 is 0 Å². The molecule has 0 aliphatic carbocycles. The number of benzene rings is 1. The molecule has 0 aliphatic heterocycles. The number of aryl methyl sites for hydroxylation is 1. The minimum atomic E-state index is -4.66. The van der Waals surface area contributed by atoms with E-state index in [1.54, 1.807) is 0 Å². The van der Waals surface area contributed by atoms with Crippen molar-refractivity contribution in [1.29, 1.82) is 0 Å². The zero-order chi connectivity index (χ0) is 15.8. The van der Waals surface area contributed by atoms with Crippen LogP contribution in [0.1, 0.15) is 11.3 Å². The quantitative estimate of drug-likeness (QED) is 0.775. The van der Waals surface area contributed by atoms with E-state index in [1.807, 2.05) is 0 Å². The van der Waals surface area contributed by atoms with E-state index in [1.165, 1.54) is 13.1 Å². The molecule has 0 atom stereocenters. The second-order valence-electron chi connectivity index (χ2n) is 4.12. The van der Waals surface area contributed by atoms with Crippen LogP contribution in [0.25, 0.3) is 0 Å². The second-order valence-corrected chi connectivity index (χ2v) is 4.12. The lowest BCUT2D eigenvalue weighted by molar-refractivity contribution is -0.141. The minimum absolute atomic E-state index is 0.235. The van der Waals surface area contributed by atoms with Crippen molar-refractivity contribution in [2.75, 3.05) is 0 Å². The van der Waals surface area contributed by atoms with E-state index in [4.69, 9.17) is 4.74 Å². The molecular formula is C12H8F6N2O. The molecule has 0 unspecified atom stereocenters. The maximum absolute atomic E-state index is 12.5. The number of nitrogens with zero attached hydrogens (tertiary/aromatic N) is 2. The van der Waals surface area contributed by atoms with Gasteiger partial charge in [0.1, 0.15) is 5.75 Å². The highest BCUT2D eigenvalue weighted by molar-refractivity contribution is 5.33. The van der Waals surface area contributed by atoms with E-state index in [9.17, 15) is 26.3 Å². The summed E-state index contributed by atoms with van der Waals surface area (Å²) in [6, 6.07) is 4.44. The smallest absolute Gasteiger partial charge is 0.435 e. The molecule has 0 saturated heterocycles. The Hall–Kier alpha value is -2.19. The first kappa shape index (κ1) is 15.2. The molecule has 0 amide bonds. The Kier molecular flexibility index (Phi) is 3.60. The topological polar surface area (TPSA) is 27.1 Å². The molecule has 0 bridgehead atoms. The van der Waals surface area contributed by atoms with Gasteiger partial charge < -0.3 is 4.74 Å². The van der Waals surface area contributed by atoms with Gasteiger partial charge in [0.2, 0.25) is 5.88 Å². The summed E-state index contributed by atoms with van der Waals surface area (Å²) >= 11 is 0. The highest BCUT2D eigenvalue weighted by Crippen LogP contribution is 2.34. The number of halogens is 6. The molecule has 114 valence electrons. The van der Waals surface area contributed by atoms with Gasteiger partial charge in [-0.3, -0.25) is 0 Å². The van der Waals surface area contributed by atoms with E-state index < -0.39 is 23.6 Å². The Morgan fingerprint density at radius 2 is 1.67 bits per heavy atom. The van der Waals surface area contributed by atoms with Gasteiger partial charge in [-0.15, -0.1) is 0 Å². The lowest BCUT2D eigenvalue weighted by Crippen LogP contribution is -2.06. The number of aromatic nitrogens is 2. The summed E-state index contributed by atoms with van der Waals surface area (Å²) in [5.41, 5.74) is -2.15. The average molecular weight is 310 g/mol. The first-order chi connectivity index (χ1) is 9.57. The lowest BCUT2D eigenvalue weighted by Gasteiger charge is -2.09.